The number of rotatable bonds is 5. The number of anilines is 1. The summed E-state index contributed by atoms with van der Waals surface area (Å²) >= 11 is 0. The summed E-state index contributed by atoms with van der Waals surface area (Å²) in [4.78, 5) is 28.2. The fourth-order valence-electron chi connectivity index (χ4n) is 3.13. The Hall–Kier alpha value is -4.70. The summed E-state index contributed by atoms with van der Waals surface area (Å²) in [5.41, 5.74) is 4.08. The standard InChI is InChI=1S/C26H20N4O3/c1-33-26(32)23-6-2-4-19(14-23)8-9-20-5-3-7-24(15-20)29-25(31)22-12-10-21(11-13-22)16-30-18-27-17-28-30/h2-7,10-15,17-18H,16H2,1H3,(H,29,31). The topological polar surface area (TPSA) is 86.1 Å². The molecule has 1 aromatic heterocycles. The molecule has 7 heteroatoms. The molecule has 0 aliphatic rings. The first-order chi connectivity index (χ1) is 16.1. The highest BCUT2D eigenvalue weighted by atomic mass is 16.5. The van der Waals surface area contributed by atoms with Gasteiger partial charge >= 0.3 is 5.97 Å². The molecule has 33 heavy (non-hydrogen) atoms. The maximum absolute atomic E-state index is 12.6. The van der Waals surface area contributed by atoms with Crippen molar-refractivity contribution in [3.63, 3.8) is 0 Å². The van der Waals surface area contributed by atoms with Crippen molar-refractivity contribution in [2.75, 3.05) is 12.4 Å². The number of ether oxygens (including phenoxy) is 1. The van der Waals surface area contributed by atoms with E-state index in [1.165, 1.54) is 13.4 Å². The van der Waals surface area contributed by atoms with Crippen LogP contribution in [-0.2, 0) is 11.3 Å². The van der Waals surface area contributed by atoms with Crippen molar-refractivity contribution in [3.05, 3.63) is 113 Å². The van der Waals surface area contributed by atoms with E-state index < -0.39 is 5.97 Å². The Bertz CT molecular complexity index is 1330. The number of carbonyl (C=O) groups excluding carboxylic acids is 2. The molecule has 0 fully saturated rings. The second-order valence-electron chi connectivity index (χ2n) is 7.15. The first-order valence-corrected chi connectivity index (χ1v) is 10.1. The van der Waals surface area contributed by atoms with Crippen LogP contribution in [-0.4, -0.2) is 33.8 Å². The van der Waals surface area contributed by atoms with Crippen LogP contribution in [0.1, 0.15) is 37.4 Å². The summed E-state index contributed by atoms with van der Waals surface area (Å²) in [5, 5.41) is 6.98. The van der Waals surface area contributed by atoms with E-state index >= 15 is 0 Å². The lowest BCUT2D eigenvalue weighted by Gasteiger charge is -2.07. The quantitative estimate of drug-likeness (QED) is 0.380. The number of carbonyl (C=O) groups is 2. The van der Waals surface area contributed by atoms with E-state index in [0.717, 1.165) is 11.1 Å². The normalized spacial score (nSPS) is 10.1. The van der Waals surface area contributed by atoms with Crippen molar-refractivity contribution in [1.82, 2.24) is 14.8 Å². The molecule has 0 unspecified atom stereocenters. The number of benzene rings is 3. The molecule has 0 bridgehead atoms. The van der Waals surface area contributed by atoms with Crippen molar-refractivity contribution in [2.45, 2.75) is 6.54 Å². The maximum atomic E-state index is 12.6. The fourth-order valence-corrected chi connectivity index (χ4v) is 3.13. The first-order valence-electron chi connectivity index (χ1n) is 10.1. The third kappa shape index (κ3) is 5.71. The minimum atomic E-state index is -0.408. The van der Waals surface area contributed by atoms with E-state index in [-0.39, 0.29) is 5.91 Å². The molecule has 7 nitrogen and oxygen atoms in total. The number of methoxy groups -OCH3 is 1. The van der Waals surface area contributed by atoms with Crippen LogP contribution in [0.2, 0.25) is 0 Å². The van der Waals surface area contributed by atoms with Crippen molar-refractivity contribution in [3.8, 4) is 11.8 Å². The molecule has 1 amide bonds. The molecule has 0 saturated heterocycles. The van der Waals surface area contributed by atoms with Gasteiger partial charge in [-0.1, -0.05) is 36.1 Å². The molecule has 0 atom stereocenters. The van der Waals surface area contributed by atoms with Crippen LogP contribution < -0.4 is 5.32 Å². The van der Waals surface area contributed by atoms with Crippen LogP contribution in [0.15, 0.2) is 85.5 Å². The summed E-state index contributed by atoms with van der Waals surface area (Å²) in [7, 11) is 1.34. The molecule has 0 aliphatic heterocycles. The lowest BCUT2D eigenvalue weighted by atomic mass is 10.1. The van der Waals surface area contributed by atoms with E-state index in [9.17, 15) is 9.59 Å². The summed E-state index contributed by atoms with van der Waals surface area (Å²) in [5.74, 6) is 5.48. The molecule has 0 spiro atoms. The average molecular weight is 436 g/mol. The van der Waals surface area contributed by atoms with E-state index in [1.807, 2.05) is 30.3 Å². The number of aromatic nitrogens is 3. The van der Waals surface area contributed by atoms with Gasteiger partial charge in [0.15, 0.2) is 0 Å². The highest BCUT2D eigenvalue weighted by Gasteiger charge is 2.07. The Balaban J connectivity index is 1.43. The van der Waals surface area contributed by atoms with Gasteiger partial charge in [-0.25, -0.2) is 14.5 Å². The third-order valence-corrected chi connectivity index (χ3v) is 4.78. The Kier molecular flexibility index (Phi) is 6.57. The van der Waals surface area contributed by atoms with Gasteiger partial charge in [-0.05, 0) is 54.1 Å². The lowest BCUT2D eigenvalue weighted by molar-refractivity contribution is 0.0600. The molecule has 1 heterocycles. The van der Waals surface area contributed by atoms with Gasteiger partial charge in [0.2, 0.25) is 0 Å². The predicted octanol–water partition coefficient (Wildman–Crippen LogP) is 3.77. The van der Waals surface area contributed by atoms with Gasteiger partial charge in [-0.15, -0.1) is 0 Å². The fraction of sp³-hybridized carbons (Fsp3) is 0.0769. The molecule has 0 saturated carbocycles. The van der Waals surface area contributed by atoms with Crippen molar-refractivity contribution in [2.24, 2.45) is 0 Å². The van der Waals surface area contributed by atoms with Gasteiger partial charge in [0.05, 0.1) is 19.2 Å². The van der Waals surface area contributed by atoms with Gasteiger partial charge in [0.25, 0.3) is 5.91 Å². The number of esters is 1. The zero-order chi connectivity index (χ0) is 23.0. The van der Waals surface area contributed by atoms with E-state index in [0.29, 0.717) is 28.9 Å². The van der Waals surface area contributed by atoms with Gasteiger partial charge in [-0.2, -0.15) is 5.10 Å². The summed E-state index contributed by atoms with van der Waals surface area (Å²) in [6, 6.07) is 21.5. The Morgan fingerprint density at radius 2 is 1.67 bits per heavy atom. The number of nitrogens with one attached hydrogen (secondary N) is 1. The largest absolute Gasteiger partial charge is 0.465 e. The smallest absolute Gasteiger partial charge is 0.337 e. The average Bonchev–Trinajstić information content (AvgIpc) is 3.36. The van der Waals surface area contributed by atoms with Crippen LogP contribution in [0.4, 0.5) is 5.69 Å². The van der Waals surface area contributed by atoms with Crippen molar-refractivity contribution >= 4 is 17.6 Å². The molecule has 3 aromatic carbocycles. The van der Waals surface area contributed by atoms with Gasteiger partial charge in [0, 0.05) is 22.4 Å². The molecule has 4 rings (SSSR count). The van der Waals surface area contributed by atoms with E-state index in [2.05, 4.69) is 27.2 Å². The monoisotopic (exact) mass is 436 g/mol. The molecule has 0 radical (unpaired) electrons. The lowest BCUT2D eigenvalue weighted by Crippen LogP contribution is -2.12. The summed E-state index contributed by atoms with van der Waals surface area (Å²) < 4.78 is 6.45. The second kappa shape index (κ2) is 10.1. The molecular weight excluding hydrogens is 416 g/mol. The third-order valence-electron chi connectivity index (χ3n) is 4.78. The molecule has 1 N–H and O–H groups in total. The zero-order valence-electron chi connectivity index (χ0n) is 17.9. The molecule has 4 aromatic rings. The van der Waals surface area contributed by atoms with Crippen LogP contribution in [0, 0.1) is 11.8 Å². The van der Waals surface area contributed by atoms with Crippen molar-refractivity contribution in [1.29, 1.82) is 0 Å². The minimum Gasteiger partial charge on any atom is -0.465 e. The number of amides is 1. The maximum Gasteiger partial charge on any atom is 0.337 e. The highest BCUT2D eigenvalue weighted by molar-refractivity contribution is 6.04. The predicted molar refractivity (Wildman–Crippen MR) is 124 cm³/mol. The highest BCUT2D eigenvalue weighted by Crippen LogP contribution is 2.13. The summed E-state index contributed by atoms with van der Waals surface area (Å²) in [6.45, 7) is 0.588. The second-order valence-corrected chi connectivity index (χ2v) is 7.15. The Labute approximate surface area is 191 Å². The van der Waals surface area contributed by atoms with E-state index in [1.54, 1.807) is 53.5 Å². The number of nitrogens with zero attached hydrogens (tertiary/aromatic N) is 3. The minimum absolute atomic E-state index is 0.210. The molecular formula is C26H20N4O3. The van der Waals surface area contributed by atoms with Gasteiger partial charge < -0.3 is 10.1 Å². The first kappa shape index (κ1) is 21.5. The zero-order valence-corrected chi connectivity index (χ0v) is 17.9. The van der Waals surface area contributed by atoms with Crippen molar-refractivity contribution < 1.29 is 14.3 Å². The SMILES string of the molecule is COC(=O)c1cccc(C#Cc2cccc(NC(=O)c3ccc(Cn4cncn4)cc3)c2)c1. The Morgan fingerprint density at radius 1 is 0.939 bits per heavy atom. The Morgan fingerprint density at radius 3 is 2.36 bits per heavy atom. The molecule has 0 aliphatic carbocycles. The number of hydrogen-bond donors (Lipinski definition) is 1. The summed E-state index contributed by atoms with van der Waals surface area (Å²) in [6.07, 6.45) is 3.13. The molecule has 162 valence electrons. The van der Waals surface area contributed by atoms with Crippen LogP contribution in [0.25, 0.3) is 0 Å². The van der Waals surface area contributed by atoms with Crippen LogP contribution in [0.5, 0.6) is 0 Å². The number of hydrogen-bond acceptors (Lipinski definition) is 5. The van der Waals surface area contributed by atoms with Gasteiger partial charge in [-0.3, -0.25) is 4.79 Å². The van der Waals surface area contributed by atoms with E-state index in [4.69, 9.17) is 4.74 Å². The van der Waals surface area contributed by atoms with Crippen LogP contribution in [0.3, 0.4) is 0 Å². The van der Waals surface area contributed by atoms with Crippen LogP contribution >= 0.6 is 0 Å². The van der Waals surface area contributed by atoms with Gasteiger partial charge in [0.1, 0.15) is 12.7 Å².